The van der Waals surface area contributed by atoms with Crippen molar-refractivity contribution in [1.82, 2.24) is 9.97 Å². The molecular weight excluding hydrogens is 252 g/mol. The summed E-state index contributed by atoms with van der Waals surface area (Å²) in [5, 5.41) is 8.65. The molecule has 0 aromatic carbocycles. The first-order valence-electron chi connectivity index (χ1n) is 5.55. The maximum Gasteiger partial charge on any atom is 0.158 e. The molecule has 1 fully saturated rings. The van der Waals surface area contributed by atoms with Crippen molar-refractivity contribution in [2.45, 2.75) is 18.6 Å². The van der Waals surface area contributed by atoms with Gasteiger partial charge in [-0.15, -0.1) is 0 Å². The van der Waals surface area contributed by atoms with E-state index in [0.717, 1.165) is 0 Å². The van der Waals surface area contributed by atoms with E-state index in [-0.39, 0.29) is 11.4 Å². The second kappa shape index (κ2) is 4.21. The van der Waals surface area contributed by atoms with Crippen molar-refractivity contribution in [2.24, 2.45) is 0 Å². The van der Waals surface area contributed by atoms with Gasteiger partial charge in [-0.3, -0.25) is 0 Å². The van der Waals surface area contributed by atoms with Gasteiger partial charge in [0.2, 0.25) is 0 Å². The van der Waals surface area contributed by atoms with Gasteiger partial charge < -0.3 is 4.90 Å². The van der Waals surface area contributed by atoms with E-state index in [2.05, 4.69) is 9.97 Å². The van der Waals surface area contributed by atoms with Crippen molar-refractivity contribution in [3.63, 3.8) is 0 Å². The third-order valence-corrected chi connectivity index (χ3v) is 5.65. The number of hydrogen-bond acceptors (Lipinski definition) is 6. The fourth-order valence-electron chi connectivity index (χ4n) is 1.88. The lowest BCUT2D eigenvalue weighted by atomic mass is 10.2. The summed E-state index contributed by atoms with van der Waals surface area (Å²) >= 11 is 0. The summed E-state index contributed by atoms with van der Waals surface area (Å²) in [6.45, 7) is 4.22. The molecular formula is C11H14N4O2S. The number of aromatic nitrogens is 2. The van der Waals surface area contributed by atoms with Crippen molar-refractivity contribution in [3.8, 4) is 6.07 Å². The number of anilines is 1. The number of nitriles is 1. The Balaban J connectivity index is 2.24. The highest BCUT2D eigenvalue weighted by Gasteiger charge is 2.40. The molecule has 0 bridgehead atoms. The van der Waals surface area contributed by atoms with Crippen molar-refractivity contribution in [1.29, 1.82) is 5.26 Å². The molecule has 0 amide bonds. The van der Waals surface area contributed by atoms with E-state index in [1.165, 1.54) is 12.4 Å². The number of hydrogen-bond donors (Lipinski definition) is 0. The van der Waals surface area contributed by atoms with Crippen molar-refractivity contribution in [2.75, 3.05) is 23.7 Å². The molecule has 0 atom stereocenters. The van der Waals surface area contributed by atoms with E-state index in [1.54, 1.807) is 13.8 Å². The smallest absolute Gasteiger partial charge is 0.158 e. The first-order valence-corrected chi connectivity index (χ1v) is 7.20. The first-order chi connectivity index (χ1) is 8.36. The predicted octanol–water partition coefficient (Wildman–Crippen LogP) is 0.362. The van der Waals surface area contributed by atoms with Crippen LogP contribution >= 0.6 is 0 Å². The Labute approximate surface area is 106 Å². The van der Waals surface area contributed by atoms with Crippen LogP contribution in [-0.2, 0) is 9.84 Å². The molecule has 1 saturated heterocycles. The van der Waals surface area contributed by atoms with Crippen LogP contribution in [0.1, 0.15) is 19.5 Å². The van der Waals surface area contributed by atoms with E-state index in [9.17, 15) is 8.42 Å². The lowest BCUT2D eigenvalue weighted by Crippen LogP contribution is -2.53. The minimum Gasteiger partial charge on any atom is -0.353 e. The molecule has 6 nitrogen and oxygen atoms in total. The zero-order chi connectivity index (χ0) is 13.4. The van der Waals surface area contributed by atoms with Crippen LogP contribution in [-0.4, -0.2) is 42.0 Å². The standard InChI is InChI=1S/C11H14N4O2S/c1-11(2)8-15(3-4-18(11,16)17)10-7-13-9(5-12)6-14-10/h6-7H,3-4,8H2,1-2H3. The van der Waals surface area contributed by atoms with E-state index in [4.69, 9.17) is 5.26 Å². The zero-order valence-corrected chi connectivity index (χ0v) is 11.1. The Morgan fingerprint density at radius 1 is 1.39 bits per heavy atom. The van der Waals surface area contributed by atoms with E-state index in [1.807, 2.05) is 11.0 Å². The highest BCUT2D eigenvalue weighted by Crippen LogP contribution is 2.26. The molecule has 7 heteroatoms. The average Bonchev–Trinajstić information content (AvgIpc) is 2.33. The molecule has 2 rings (SSSR count). The molecule has 0 saturated carbocycles. The van der Waals surface area contributed by atoms with Gasteiger partial charge in [0.05, 0.1) is 22.9 Å². The van der Waals surface area contributed by atoms with Gasteiger partial charge in [0.15, 0.2) is 15.5 Å². The summed E-state index contributed by atoms with van der Waals surface area (Å²) in [6, 6.07) is 1.90. The topological polar surface area (TPSA) is 86.9 Å². The SMILES string of the molecule is CC1(C)CN(c2cnc(C#N)cn2)CCS1(=O)=O. The molecule has 0 spiro atoms. The Kier molecular flexibility index (Phi) is 2.99. The largest absolute Gasteiger partial charge is 0.353 e. The van der Waals surface area contributed by atoms with Crippen molar-refractivity contribution >= 4 is 15.7 Å². The summed E-state index contributed by atoms with van der Waals surface area (Å²) in [4.78, 5) is 9.96. The minimum atomic E-state index is -3.06. The second-order valence-electron chi connectivity index (χ2n) is 4.87. The van der Waals surface area contributed by atoms with Crippen LogP contribution in [0.25, 0.3) is 0 Å². The molecule has 2 heterocycles. The monoisotopic (exact) mass is 266 g/mol. The van der Waals surface area contributed by atoms with Gasteiger partial charge in [-0.05, 0) is 13.8 Å². The zero-order valence-electron chi connectivity index (χ0n) is 10.3. The summed E-state index contributed by atoms with van der Waals surface area (Å²) in [6.07, 6.45) is 2.90. The van der Waals surface area contributed by atoms with Gasteiger partial charge in [-0.1, -0.05) is 0 Å². The Hall–Kier alpha value is -1.68. The molecule has 1 aliphatic rings. The summed E-state index contributed by atoms with van der Waals surface area (Å²) in [7, 11) is -3.06. The lowest BCUT2D eigenvalue weighted by Gasteiger charge is -2.38. The first kappa shape index (κ1) is 12.8. The summed E-state index contributed by atoms with van der Waals surface area (Å²) in [5.41, 5.74) is 0.252. The number of rotatable bonds is 1. The molecule has 18 heavy (non-hydrogen) atoms. The number of nitrogens with zero attached hydrogens (tertiary/aromatic N) is 4. The molecule has 0 N–H and O–H groups in total. The maximum atomic E-state index is 11.9. The quantitative estimate of drug-likeness (QED) is 0.729. The number of sulfone groups is 1. The Morgan fingerprint density at radius 2 is 2.11 bits per heavy atom. The third-order valence-electron chi connectivity index (χ3n) is 3.12. The van der Waals surface area contributed by atoms with Crippen LogP contribution in [0, 0.1) is 11.3 Å². The van der Waals surface area contributed by atoms with Gasteiger partial charge in [0.25, 0.3) is 0 Å². The van der Waals surface area contributed by atoms with Crippen LogP contribution < -0.4 is 4.90 Å². The Morgan fingerprint density at radius 3 is 2.61 bits per heavy atom. The Bertz CT molecular complexity index is 586. The highest BCUT2D eigenvalue weighted by molar-refractivity contribution is 7.92. The van der Waals surface area contributed by atoms with Crippen molar-refractivity contribution in [3.05, 3.63) is 18.1 Å². The normalized spacial score (nSPS) is 21.3. The fourth-order valence-corrected chi connectivity index (χ4v) is 3.25. The molecule has 0 unspecified atom stereocenters. The fraction of sp³-hybridized carbons (Fsp3) is 0.545. The molecule has 0 radical (unpaired) electrons. The van der Waals surface area contributed by atoms with E-state index < -0.39 is 14.6 Å². The van der Waals surface area contributed by atoms with Crippen LogP contribution in [0.3, 0.4) is 0 Å². The molecule has 0 aliphatic carbocycles. The van der Waals surface area contributed by atoms with Crippen LogP contribution in [0.5, 0.6) is 0 Å². The van der Waals surface area contributed by atoms with Crippen LogP contribution in [0.15, 0.2) is 12.4 Å². The summed E-state index contributed by atoms with van der Waals surface area (Å²) < 4.78 is 23.0. The molecule has 1 aromatic heterocycles. The second-order valence-corrected chi connectivity index (χ2v) is 7.61. The van der Waals surface area contributed by atoms with Gasteiger partial charge in [-0.2, -0.15) is 5.26 Å². The van der Waals surface area contributed by atoms with Gasteiger partial charge in [0.1, 0.15) is 11.9 Å². The van der Waals surface area contributed by atoms with Gasteiger partial charge in [0, 0.05) is 13.1 Å². The van der Waals surface area contributed by atoms with Gasteiger partial charge in [-0.25, -0.2) is 18.4 Å². The molecule has 96 valence electrons. The van der Waals surface area contributed by atoms with Crippen LogP contribution in [0.2, 0.25) is 0 Å². The van der Waals surface area contributed by atoms with Gasteiger partial charge >= 0.3 is 0 Å². The lowest BCUT2D eigenvalue weighted by molar-refractivity contribution is 0.521. The predicted molar refractivity (Wildman–Crippen MR) is 66.8 cm³/mol. The van der Waals surface area contributed by atoms with Crippen LogP contribution in [0.4, 0.5) is 5.82 Å². The molecule has 1 aromatic rings. The molecule has 1 aliphatic heterocycles. The highest BCUT2D eigenvalue weighted by atomic mass is 32.2. The maximum absolute atomic E-state index is 11.9. The van der Waals surface area contributed by atoms with Crippen molar-refractivity contribution < 1.29 is 8.42 Å². The summed E-state index contributed by atoms with van der Waals surface area (Å²) in [5.74, 6) is 0.721. The van der Waals surface area contributed by atoms with E-state index in [0.29, 0.717) is 18.9 Å². The van der Waals surface area contributed by atoms with E-state index >= 15 is 0 Å². The minimum absolute atomic E-state index is 0.113. The third kappa shape index (κ3) is 2.16. The average molecular weight is 266 g/mol.